The van der Waals surface area contributed by atoms with E-state index in [9.17, 15) is 9.90 Å². The number of hydrogen-bond acceptors (Lipinski definition) is 5. The highest BCUT2D eigenvalue weighted by molar-refractivity contribution is 6.03. The molecule has 0 atom stereocenters. The predicted molar refractivity (Wildman–Crippen MR) is 86.4 cm³/mol. The zero-order chi connectivity index (χ0) is 16.8. The summed E-state index contributed by atoms with van der Waals surface area (Å²) in [6.07, 6.45) is 3.15. The molecule has 0 fully saturated rings. The van der Waals surface area contributed by atoms with Crippen molar-refractivity contribution in [3.8, 4) is 0 Å². The molecule has 0 aliphatic carbocycles. The van der Waals surface area contributed by atoms with Crippen LogP contribution in [0.5, 0.6) is 0 Å². The monoisotopic (exact) mass is 312 g/mol. The molecule has 2 rings (SSSR count). The number of rotatable bonds is 4. The largest absolute Gasteiger partial charge is 0.510 e. The lowest BCUT2D eigenvalue weighted by Crippen LogP contribution is -2.43. The van der Waals surface area contributed by atoms with Gasteiger partial charge in [0.05, 0.1) is 5.69 Å². The van der Waals surface area contributed by atoms with Gasteiger partial charge in [-0.3, -0.25) is 4.79 Å². The summed E-state index contributed by atoms with van der Waals surface area (Å²) in [6, 6.07) is 10.7. The van der Waals surface area contributed by atoms with Crippen molar-refractivity contribution in [3.63, 3.8) is 0 Å². The Balaban J connectivity index is 2.17. The summed E-state index contributed by atoms with van der Waals surface area (Å²) in [5, 5.41) is 20.1. The number of aliphatic hydroxyl groups excluding tert-OH is 1. The second kappa shape index (κ2) is 7.17. The van der Waals surface area contributed by atoms with Crippen LogP contribution in [-0.2, 0) is 4.79 Å². The molecule has 4 N–H and O–H groups in total. The van der Waals surface area contributed by atoms with Gasteiger partial charge in [-0.05, 0) is 32.0 Å². The highest BCUT2D eigenvalue weighted by Crippen LogP contribution is 2.16. The quantitative estimate of drug-likeness (QED) is 0.265. The number of amides is 1. The average molecular weight is 312 g/mol. The first kappa shape index (κ1) is 16.2. The number of nitrogens with one attached hydrogen (secondary N) is 1. The minimum absolute atomic E-state index is 0.169. The van der Waals surface area contributed by atoms with Crippen LogP contribution in [0, 0.1) is 6.92 Å². The smallest absolute Gasteiger partial charge is 0.279 e. The summed E-state index contributed by atoms with van der Waals surface area (Å²) in [6.45, 7) is 3.33. The van der Waals surface area contributed by atoms with Crippen molar-refractivity contribution in [3.05, 3.63) is 65.8 Å². The number of hydrogen-bond donors (Lipinski definition) is 3. The summed E-state index contributed by atoms with van der Waals surface area (Å²) >= 11 is 0. The van der Waals surface area contributed by atoms with Gasteiger partial charge in [0.2, 0.25) is 6.20 Å². The molecule has 0 unspecified atom stereocenters. The van der Waals surface area contributed by atoms with E-state index in [1.54, 1.807) is 30.5 Å². The molecule has 0 saturated heterocycles. The first-order valence-electron chi connectivity index (χ1n) is 6.91. The Kier molecular flexibility index (Phi) is 5.03. The maximum Gasteiger partial charge on any atom is 0.279 e. The second-order valence-electron chi connectivity index (χ2n) is 4.96. The van der Waals surface area contributed by atoms with E-state index in [2.05, 4.69) is 15.5 Å². The summed E-state index contributed by atoms with van der Waals surface area (Å²) in [4.78, 5) is 12.2. The molecule has 0 radical (unpaired) electrons. The van der Waals surface area contributed by atoms with Gasteiger partial charge in [-0.25, -0.2) is 5.84 Å². The van der Waals surface area contributed by atoms with Crippen molar-refractivity contribution in [2.24, 2.45) is 10.2 Å². The number of nitrogens with zero attached hydrogens (tertiary/aromatic N) is 3. The molecule has 7 nitrogen and oxygen atoms in total. The Morgan fingerprint density at radius 3 is 2.57 bits per heavy atom. The number of carbonyl (C=O) groups is 1. The molecule has 0 aliphatic heterocycles. The van der Waals surface area contributed by atoms with E-state index in [4.69, 9.17) is 5.84 Å². The topological polar surface area (TPSA) is 104 Å². The number of pyridine rings is 1. The van der Waals surface area contributed by atoms with Crippen LogP contribution < -0.4 is 15.8 Å². The van der Waals surface area contributed by atoms with Crippen LogP contribution in [0.25, 0.3) is 0 Å². The van der Waals surface area contributed by atoms with E-state index < -0.39 is 5.91 Å². The Labute approximate surface area is 133 Å². The molecule has 0 spiro atoms. The number of carbonyl (C=O) groups excluding carboxylic acids is 1. The van der Waals surface area contributed by atoms with Gasteiger partial charge in [0.25, 0.3) is 5.91 Å². The van der Waals surface area contributed by atoms with Gasteiger partial charge in [-0.15, -0.1) is 5.11 Å². The third-order valence-corrected chi connectivity index (χ3v) is 2.94. The maximum atomic E-state index is 12.2. The number of anilines is 1. The molecule has 1 amide bonds. The highest BCUT2D eigenvalue weighted by Gasteiger charge is 2.14. The van der Waals surface area contributed by atoms with E-state index in [0.717, 1.165) is 5.56 Å². The van der Waals surface area contributed by atoms with Crippen molar-refractivity contribution < 1.29 is 14.6 Å². The standard InChI is InChI=1S/C16H17N5O2/c1-11-5-7-13(8-6-11)19-20-15(12(2)22)16(23)18-14-4-3-9-21(17)10-14/h3-10H,17H2,1-2H3,(H-,18,19,22,23)/p+1. The summed E-state index contributed by atoms with van der Waals surface area (Å²) in [7, 11) is 0. The van der Waals surface area contributed by atoms with Crippen LogP contribution in [0.1, 0.15) is 12.5 Å². The van der Waals surface area contributed by atoms with Crippen LogP contribution in [0.2, 0.25) is 0 Å². The number of aromatic nitrogens is 1. The normalized spacial score (nSPS) is 12.1. The molecular weight excluding hydrogens is 294 g/mol. The van der Waals surface area contributed by atoms with E-state index in [1.165, 1.54) is 17.8 Å². The van der Waals surface area contributed by atoms with Gasteiger partial charge in [-0.2, -0.15) is 5.11 Å². The zero-order valence-corrected chi connectivity index (χ0v) is 12.9. The maximum absolute atomic E-state index is 12.2. The number of aliphatic hydroxyl groups is 1. The minimum atomic E-state index is -0.577. The minimum Gasteiger partial charge on any atom is -0.510 e. The van der Waals surface area contributed by atoms with Gasteiger partial charge in [0.15, 0.2) is 11.9 Å². The Bertz CT molecular complexity index is 762. The lowest BCUT2D eigenvalue weighted by atomic mass is 10.2. The summed E-state index contributed by atoms with van der Waals surface area (Å²) in [5.74, 6) is 4.78. The van der Waals surface area contributed by atoms with E-state index in [1.807, 2.05) is 19.1 Å². The second-order valence-corrected chi connectivity index (χ2v) is 4.96. The number of aryl methyl sites for hydroxylation is 1. The highest BCUT2D eigenvalue weighted by atomic mass is 16.3. The molecule has 7 heteroatoms. The molecule has 2 aromatic rings. The fourth-order valence-corrected chi connectivity index (χ4v) is 1.76. The van der Waals surface area contributed by atoms with Gasteiger partial charge < -0.3 is 10.4 Å². The summed E-state index contributed by atoms with van der Waals surface area (Å²) < 4.78 is 1.30. The number of nitrogens with two attached hydrogens (primary N) is 1. The molecule has 1 aromatic heterocycles. The molecule has 0 aliphatic rings. The fraction of sp³-hybridized carbons (Fsp3) is 0.125. The molecule has 118 valence electrons. The molecule has 1 aromatic carbocycles. The van der Waals surface area contributed by atoms with E-state index in [-0.39, 0.29) is 11.5 Å². The van der Waals surface area contributed by atoms with Gasteiger partial charge in [-0.1, -0.05) is 22.4 Å². The van der Waals surface area contributed by atoms with E-state index in [0.29, 0.717) is 11.4 Å². The van der Waals surface area contributed by atoms with Gasteiger partial charge in [0.1, 0.15) is 11.4 Å². The van der Waals surface area contributed by atoms with Crippen molar-refractivity contribution >= 4 is 17.3 Å². The van der Waals surface area contributed by atoms with Crippen molar-refractivity contribution in [2.75, 3.05) is 11.2 Å². The van der Waals surface area contributed by atoms with Crippen LogP contribution >= 0.6 is 0 Å². The fourth-order valence-electron chi connectivity index (χ4n) is 1.76. The van der Waals surface area contributed by atoms with Crippen LogP contribution in [0.15, 0.2) is 70.5 Å². The predicted octanol–water partition coefficient (Wildman–Crippen LogP) is 2.51. The molecule has 0 saturated carbocycles. The Hall–Kier alpha value is -3.22. The van der Waals surface area contributed by atoms with Crippen LogP contribution in [0.3, 0.4) is 0 Å². The van der Waals surface area contributed by atoms with Crippen LogP contribution in [-0.4, -0.2) is 11.0 Å². The van der Waals surface area contributed by atoms with Crippen molar-refractivity contribution in [1.29, 1.82) is 0 Å². The SMILES string of the molecule is CC(O)=C(N=Nc1ccc(C)cc1)C(=O)Nc1ccc[n+](N)c1. The molecule has 23 heavy (non-hydrogen) atoms. The molecule has 0 bridgehead atoms. The number of nitrogen functional groups attached to an aromatic ring is 1. The molecule has 1 heterocycles. The van der Waals surface area contributed by atoms with Crippen molar-refractivity contribution in [1.82, 2.24) is 0 Å². The number of benzene rings is 1. The third kappa shape index (κ3) is 4.63. The summed E-state index contributed by atoms with van der Waals surface area (Å²) in [5.41, 5.74) is 1.99. The van der Waals surface area contributed by atoms with Crippen molar-refractivity contribution in [2.45, 2.75) is 13.8 Å². The van der Waals surface area contributed by atoms with Gasteiger partial charge in [0, 0.05) is 6.07 Å². The third-order valence-electron chi connectivity index (χ3n) is 2.94. The Morgan fingerprint density at radius 1 is 1.26 bits per heavy atom. The lowest BCUT2D eigenvalue weighted by Gasteiger charge is -2.04. The van der Waals surface area contributed by atoms with Gasteiger partial charge >= 0.3 is 0 Å². The first-order valence-corrected chi connectivity index (χ1v) is 6.91. The van der Waals surface area contributed by atoms with E-state index >= 15 is 0 Å². The Morgan fingerprint density at radius 2 is 1.96 bits per heavy atom. The molecular formula is C16H18N5O2+. The number of azo groups is 1. The lowest BCUT2D eigenvalue weighted by molar-refractivity contribution is -0.638. The first-order chi connectivity index (χ1) is 11.0. The average Bonchev–Trinajstić information content (AvgIpc) is 2.49. The number of allylic oxidation sites excluding steroid dienone is 1. The zero-order valence-electron chi connectivity index (χ0n) is 12.9. The van der Waals surface area contributed by atoms with Crippen LogP contribution in [0.4, 0.5) is 11.4 Å².